The first-order valence-electron chi connectivity index (χ1n) is 16.5. The Labute approximate surface area is 251 Å². The maximum absolute atomic E-state index is 15.0. The number of aliphatic hydroxyl groups excluding tert-OH is 1. The van der Waals surface area contributed by atoms with E-state index in [2.05, 4.69) is 6.92 Å². The van der Waals surface area contributed by atoms with E-state index in [9.17, 15) is 14.7 Å². The number of hydrogen-bond donors (Lipinski definition) is 1. The lowest BCUT2D eigenvalue weighted by molar-refractivity contribution is -0.281. The number of Topliss-reactive ketones (excluding diaryl/α,β-unsaturated/α-hetero) is 1. The molecule has 8 aliphatic rings. The molecule has 3 spiro atoms. The van der Waals surface area contributed by atoms with Crippen LogP contribution < -0.4 is 0 Å². The Hall–Kier alpha value is -2.23. The van der Waals surface area contributed by atoms with Crippen molar-refractivity contribution < 1.29 is 42.9 Å². The van der Waals surface area contributed by atoms with Crippen LogP contribution >= 0.6 is 0 Å². The molecule has 0 radical (unpaired) electrons. The Morgan fingerprint density at radius 3 is 2.35 bits per heavy atom. The predicted molar refractivity (Wildman–Crippen MR) is 148 cm³/mol. The lowest BCUT2D eigenvalue weighted by Crippen LogP contribution is -2.79. The van der Waals surface area contributed by atoms with E-state index in [1.54, 1.807) is 12.5 Å². The van der Waals surface area contributed by atoms with Gasteiger partial charge in [0.15, 0.2) is 11.9 Å². The molecule has 0 aromatic carbocycles. The van der Waals surface area contributed by atoms with Gasteiger partial charge in [-0.1, -0.05) is 32.6 Å². The third-order valence-corrected chi connectivity index (χ3v) is 14.2. The third-order valence-electron chi connectivity index (χ3n) is 14.2. The highest BCUT2D eigenvalue weighted by molar-refractivity contribution is 5.92. The number of furan rings is 1. The first-order chi connectivity index (χ1) is 20.5. The van der Waals surface area contributed by atoms with Gasteiger partial charge in [0.05, 0.1) is 35.6 Å². The summed E-state index contributed by atoms with van der Waals surface area (Å²) in [6, 6.07) is 1.83. The molecule has 4 aliphatic carbocycles. The summed E-state index contributed by atoms with van der Waals surface area (Å²) < 4.78 is 31.6. The molecular weight excluding hydrogens is 552 g/mol. The Morgan fingerprint density at radius 2 is 1.65 bits per heavy atom. The number of ketones is 1. The minimum absolute atomic E-state index is 0.0335. The van der Waals surface area contributed by atoms with Crippen molar-refractivity contribution in [2.45, 2.75) is 121 Å². The second kappa shape index (κ2) is 8.13. The Balaban J connectivity index is 1.31. The van der Waals surface area contributed by atoms with Gasteiger partial charge < -0.3 is 28.5 Å². The number of esters is 2. The van der Waals surface area contributed by atoms with Crippen LogP contribution in [0, 0.1) is 39.4 Å². The van der Waals surface area contributed by atoms with Gasteiger partial charge in [0.1, 0.15) is 24.4 Å². The standard InChI is InChI=1S/C34H42O9/c1-29(2)22-21(35)23(36)33(19-8-4-5-9-19)20(32(22)17-40-28(38)31(27(32)43-29)12-6-7-13-31)10-14-30(3)24(18-11-15-39-16-18)41-26(37)25-34(30,33)42-25/h11,15-16,19-20,22-25,27,36H,4-10,12-14,17H2,1-3H3/t20?,22-,23-,24+,25-,27+,30+,32-,33+,34+/m1/s1. The largest absolute Gasteiger partial charge is 0.472 e. The van der Waals surface area contributed by atoms with Gasteiger partial charge in [0, 0.05) is 21.8 Å². The van der Waals surface area contributed by atoms with E-state index in [1.807, 2.05) is 19.9 Å². The van der Waals surface area contributed by atoms with Crippen LogP contribution in [0.25, 0.3) is 0 Å². The fraction of sp³-hybridized carbons (Fsp3) is 0.794. The van der Waals surface area contributed by atoms with E-state index in [0.717, 1.165) is 44.1 Å². The smallest absolute Gasteiger partial charge is 0.339 e. The minimum Gasteiger partial charge on any atom is -0.472 e. The van der Waals surface area contributed by atoms with Gasteiger partial charge in [-0.05, 0) is 70.3 Å². The first kappa shape index (κ1) is 27.1. The molecule has 1 aromatic rings. The molecule has 232 valence electrons. The molecule has 9 rings (SSSR count). The summed E-state index contributed by atoms with van der Waals surface area (Å²) in [4.78, 5) is 42.5. The summed E-state index contributed by atoms with van der Waals surface area (Å²) in [6.07, 6.45) is 8.09. The molecule has 9 heteroatoms. The Bertz CT molecular complexity index is 1400. The zero-order valence-corrected chi connectivity index (χ0v) is 25.3. The van der Waals surface area contributed by atoms with Crippen LogP contribution in [0.15, 0.2) is 23.0 Å². The zero-order valence-electron chi connectivity index (χ0n) is 25.3. The molecule has 10 atom stereocenters. The van der Waals surface area contributed by atoms with E-state index in [4.69, 9.17) is 23.4 Å². The van der Waals surface area contributed by atoms with Crippen LogP contribution in [0.1, 0.15) is 96.6 Å². The summed E-state index contributed by atoms with van der Waals surface area (Å²) in [6.45, 7) is 6.12. The SMILES string of the molecule is CC1(C)O[C@H]2C3(CCCC3)C(=O)OC[C@]23C2CC[C@@]4(C)[C@H](c5ccoc5)OC(=O)[C@H]5O[C@@]54[C@]2(C2CCCC2)[C@H](O)C(=O)[C@H]13. The fourth-order valence-electron chi connectivity index (χ4n) is 13.0. The van der Waals surface area contributed by atoms with E-state index >= 15 is 4.79 Å². The van der Waals surface area contributed by atoms with Crippen LogP contribution in [-0.4, -0.2) is 58.9 Å². The predicted octanol–water partition coefficient (Wildman–Crippen LogP) is 4.45. The summed E-state index contributed by atoms with van der Waals surface area (Å²) in [5.74, 6) is -1.80. The van der Waals surface area contributed by atoms with Gasteiger partial charge in [-0.3, -0.25) is 9.59 Å². The van der Waals surface area contributed by atoms with E-state index in [-0.39, 0.29) is 30.2 Å². The quantitative estimate of drug-likeness (QED) is 0.391. The maximum Gasteiger partial charge on any atom is 0.339 e. The molecule has 4 aliphatic heterocycles. The Kier molecular flexibility index (Phi) is 5.12. The monoisotopic (exact) mass is 594 g/mol. The van der Waals surface area contributed by atoms with Crippen LogP contribution in [-0.2, 0) is 33.3 Å². The first-order valence-corrected chi connectivity index (χ1v) is 16.5. The summed E-state index contributed by atoms with van der Waals surface area (Å²) in [5.41, 5.74) is -4.62. The van der Waals surface area contributed by atoms with Gasteiger partial charge >= 0.3 is 11.9 Å². The molecular formula is C34H42O9. The van der Waals surface area contributed by atoms with Crippen molar-refractivity contribution in [3.8, 4) is 0 Å². The van der Waals surface area contributed by atoms with Crippen molar-refractivity contribution in [1.29, 1.82) is 0 Å². The number of fused-ring (bicyclic) bond motifs is 2. The molecule has 1 aromatic heterocycles. The van der Waals surface area contributed by atoms with Crippen LogP contribution in [0.3, 0.4) is 0 Å². The molecule has 0 bridgehead atoms. The van der Waals surface area contributed by atoms with Crippen molar-refractivity contribution >= 4 is 17.7 Å². The summed E-state index contributed by atoms with van der Waals surface area (Å²) >= 11 is 0. The number of carbonyl (C=O) groups excluding carboxylic acids is 3. The highest BCUT2D eigenvalue weighted by atomic mass is 16.7. The number of aliphatic hydroxyl groups is 1. The second-order valence-electron chi connectivity index (χ2n) is 15.9. The summed E-state index contributed by atoms with van der Waals surface area (Å²) in [5, 5.41) is 12.7. The molecule has 4 saturated carbocycles. The average molecular weight is 595 g/mol. The highest BCUT2D eigenvalue weighted by Gasteiger charge is 2.93. The molecule has 9 nitrogen and oxygen atoms in total. The number of rotatable bonds is 2. The zero-order chi connectivity index (χ0) is 29.8. The number of cyclic esters (lactones) is 2. The van der Waals surface area contributed by atoms with E-state index < -0.39 is 69.2 Å². The van der Waals surface area contributed by atoms with Crippen molar-refractivity contribution in [1.82, 2.24) is 0 Å². The molecule has 43 heavy (non-hydrogen) atoms. The number of epoxide rings is 1. The normalized spacial score (nSPS) is 50.7. The summed E-state index contributed by atoms with van der Waals surface area (Å²) in [7, 11) is 0. The molecule has 4 saturated heterocycles. The van der Waals surface area contributed by atoms with Crippen LogP contribution in [0.2, 0.25) is 0 Å². The second-order valence-corrected chi connectivity index (χ2v) is 15.9. The third kappa shape index (κ3) is 2.71. The van der Waals surface area contributed by atoms with Crippen molar-refractivity contribution in [2.75, 3.05) is 6.61 Å². The van der Waals surface area contributed by atoms with E-state index in [1.165, 1.54) is 0 Å². The molecule has 0 amide bonds. The molecule has 5 heterocycles. The van der Waals surface area contributed by atoms with E-state index in [0.29, 0.717) is 25.7 Å². The van der Waals surface area contributed by atoms with Crippen LogP contribution in [0.5, 0.6) is 0 Å². The molecule has 8 fully saturated rings. The van der Waals surface area contributed by atoms with Crippen molar-refractivity contribution in [3.05, 3.63) is 24.2 Å². The van der Waals surface area contributed by atoms with Gasteiger partial charge in [-0.25, -0.2) is 4.79 Å². The van der Waals surface area contributed by atoms with Crippen molar-refractivity contribution in [3.63, 3.8) is 0 Å². The minimum atomic E-state index is -1.34. The molecule has 1 unspecified atom stereocenters. The lowest BCUT2D eigenvalue weighted by Gasteiger charge is -2.70. The van der Waals surface area contributed by atoms with Gasteiger partial charge in [0.25, 0.3) is 0 Å². The highest BCUT2D eigenvalue weighted by Crippen LogP contribution is 2.83. The van der Waals surface area contributed by atoms with Crippen molar-refractivity contribution in [2.24, 2.45) is 39.4 Å². The fourth-order valence-corrected chi connectivity index (χ4v) is 13.0. The Morgan fingerprint density at radius 1 is 0.907 bits per heavy atom. The topological polar surface area (TPSA) is 125 Å². The number of hydrogen-bond acceptors (Lipinski definition) is 9. The maximum atomic E-state index is 15.0. The van der Waals surface area contributed by atoms with Gasteiger partial charge in [-0.2, -0.15) is 0 Å². The number of carbonyl (C=O) groups is 3. The molecule has 1 N–H and O–H groups in total. The van der Waals surface area contributed by atoms with Crippen LogP contribution in [0.4, 0.5) is 0 Å². The average Bonchev–Trinajstić information content (AvgIpc) is 3.52. The number of ether oxygens (including phenoxy) is 4. The van der Waals surface area contributed by atoms with Gasteiger partial charge in [-0.15, -0.1) is 0 Å². The van der Waals surface area contributed by atoms with Gasteiger partial charge in [0.2, 0.25) is 0 Å². The lowest BCUT2D eigenvalue weighted by atomic mass is 9.32.